The first kappa shape index (κ1) is 20.9. The van der Waals surface area contributed by atoms with Gasteiger partial charge in [-0.3, -0.25) is 9.59 Å². The Morgan fingerprint density at radius 3 is 2.41 bits per heavy atom. The summed E-state index contributed by atoms with van der Waals surface area (Å²) in [7, 11) is -0.851. The van der Waals surface area contributed by atoms with Crippen LogP contribution < -0.4 is 5.32 Å². The van der Waals surface area contributed by atoms with E-state index in [2.05, 4.69) is 5.32 Å². The number of sulfonamides is 1. The van der Waals surface area contributed by atoms with E-state index in [4.69, 9.17) is 16.3 Å². The molecule has 1 amide bonds. The standard InChI is InChI=1S/C18H19ClN2O5S/c1-21(2)27(24,25)16-5-3-4-14(10-16)18(23)20-11-17(22)26-12-13-6-8-15(19)9-7-13/h3-10H,11-12H2,1-2H3,(H,20,23). The van der Waals surface area contributed by atoms with Crippen molar-refractivity contribution in [3.8, 4) is 0 Å². The lowest BCUT2D eigenvalue weighted by molar-refractivity contribution is -0.143. The highest BCUT2D eigenvalue weighted by Gasteiger charge is 2.19. The van der Waals surface area contributed by atoms with Crippen molar-refractivity contribution in [2.45, 2.75) is 11.5 Å². The molecule has 1 N–H and O–H groups in total. The predicted molar refractivity (Wildman–Crippen MR) is 101 cm³/mol. The molecule has 0 fully saturated rings. The second-order valence-corrected chi connectivity index (χ2v) is 8.37. The third kappa shape index (κ3) is 5.78. The van der Waals surface area contributed by atoms with Gasteiger partial charge in [0.25, 0.3) is 5.91 Å². The Balaban J connectivity index is 1.91. The Morgan fingerprint density at radius 2 is 1.78 bits per heavy atom. The van der Waals surface area contributed by atoms with Crippen LogP contribution in [0.1, 0.15) is 15.9 Å². The summed E-state index contributed by atoms with van der Waals surface area (Å²) in [6, 6.07) is 12.4. The van der Waals surface area contributed by atoms with Crippen LogP contribution in [-0.4, -0.2) is 45.2 Å². The van der Waals surface area contributed by atoms with Crippen molar-refractivity contribution in [3.05, 3.63) is 64.7 Å². The average molecular weight is 411 g/mol. The summed E-state index contributed by atoms with van der Waals surface area (Å²) in [6.07, 6.45) is 0. The molecule has 0 saturated carbocycles. The average Bonchev–Trinajstić information content (AvgIpc) is 2.65. The van der Waals surface area contributed by atoms with Crippen molar-refractivity contribution >= 4 is 33.5 Å². The third-order valence-electron chi connectivity index (χ3n) is 3.58. The van der Waals surface area contributed by atoms with Gasteiger partial charge in [-0.15, -0.1) is 0 Å². The lowest BCUT2D eigenvalue weighted by Gasteiger charge is -2.12. The van der Waals surface area contributed by atoms with Crippen LogP contribution in [0.4, 0.5) is 0 Å². The van der Waals surface area contributed by atoms with Gasteiger partial charge in [-0.2, -0.15) is 0 Å². The fraction of sp³-hybridized carbons (Fsp3) is 0.222. The molecular weight excluding hydrogens is 392 g/mol. The molecule has 144 valence electrons. The number of carbonyl (C=O) groups excluding carboxylic acids is 2. The smallest absolute Gasteiger partial charge is 0.325 e. The maximum absolute atomic E-state index is 12.2. The third-order valence-corrected chi connectivity index (χ3v) is 5.64. The molecule has 0 unspecified atom stereocenters. The maximum Gasteiger partial charge on any atom is 0.325 e. The van der Waals surface area contributed by atoms with E-state index in [0.717, 1.165) is 9.87 Å². The van der Waals surface area contributed by atoms with Gasteiger partial charge in [0.15, 0.2) is 0 Å². The fourth-order valence-electron chi connectivity index (χ4n) is 2.06. The summed E-state index contributed by atoms with van der Waals surface area (Å²) in [5.74, 6) is -1.19. The van der Waals surface area contributed by atoms with Gasteiger partial charge >= 0.3 is 5.97 Å². The Morgan fingerprint density at radius 1 is 1.11 bits per heavy atom. The first-order chi connectivity index (χ1) is 12.7. The normalized spacial score (nSPS) is 11.3. The minimum absolute atomic E-state index is 0.00883. The molecule has 2 aromatic carbocycles. The SMILES string of the molecule is CN(C)S(=O)(=O)c1cccc(C(=O)NCC(=O)OCc2ccc(Cl)cc2)c1. The summed E-state index contributed by atoms with van der Waals surface area (Å²) in [6.45, 7) is -0.278. The quantitative estimate of drug-likeness (QED) is 0.705. The van der Waals surface area contributed by atoms with Crippen LogP contribution in [0.25, 0.3) is 0 Å². The molecule has 0 aliphatic carbocycles. The number of hydrogen-bond acceptors (Lipinski definition) is 5. The van der Waals surface area contributed by atoms with Crippen molar-refractivity contribution in [2.75, 3.05) is 20.6 Å². The number of halogens is 1. The summed E-state index contributed by atoms with van der Waals surface area (Å²) in [4.78, 5) is 23.9. The maximum atomic E-state index is 12.2. The zero-order chi connectivity index (χ0) is 20.0. The molecule has 0 aliphatic heterocycles. The van der Waals surface area contributed by atoms with Gasteiger partial charge in [0.1, 0.15) is 13.2 Å². The van der Waals surface area contributed by atoms with Gasteiger partial charge < -0.3 is 10.1 Å². The van der Waals surface area contributed by atoms with Crippen molar-refractivity contribution < 1.29 is 22.7 Å². The second-order valence-electron chi connectivity index (χ2n) is 5.79. The molecule has 0 spiro atoms. The van der Waals surface area contributed by atoms with Crippen molar-refractivity contribution in [2.24, 2.45) is 0 Å². The molecule has 0 aromatic heterocycles. The van der Waals surface area contributed by atoms with E-state index in [0.29, 0.717) is 5.02 Å². The number of esters is 1. The fourth-order valence-corrected chi connectivity index (χ4v) is 3.13. The number of benzene rings is 2. The number of nitrogens with zero attached hydrogens (tertiary/aromatic N) is 1. The Labute approximate surface area is 162 Å². The Bertz CT molecular complexity index is 927. The van der Waals surface area contributed by atoms with Gasteiger partial charge in [-0.1, -0.05) is 29.8 Å². The number of amides is 1. The van der Waals surface area contributed by atoms with Crippen LogP contribution in [0.15, 0.2) is 53.4 Å². The van der Waals surface area contributed by atoms with E-state index in [1.54, 1.807) is 24.3 Å². The molecule has 0 atom stereocenters. The van der Waals surface area contributed by atoms with E-state index >= 15 is 0 Å². The number of nitrogens with one attached hydrogen (secondary N) is 1. The van der Waals surface area contributed by atoms with E-state index in [1.807, 2.05) is 0 Å². The first-order valence-electron chi connectivity index (χ1n) is 7.91. The molecule has 9 heteroatoms. The summed E-state index contributed by atoms with van der Waals surface area (Å²) < 4.78 is 30.4. The second kappa shape index (κ2) is 8.98. The summed E-state index contributed by atoms with van der Waals surface area (Å²) in [5.41, 5.74) is 0.893. The van der Waals surface area contributed by atoms with Crippen LogP contribution in [0.3, 0.4) is 0 Å². The van der Waals surface area contributed by atoms with Crippen LogP contribution >= 0.6 is 11.6 Å². The highest BCUT2D eigenvalue weighted by Crippen LogP contribution is 2.15. The lowest BCUT2D eigenvalue weighted by Crippen LogP contribution is -2.31. The van der Waals surface area contributed by atoms with Gasteiger partial charge in [-0.05, 0) is 35.9 Å². The highest BCUT2D eigenvalue weighted by molar-refractivity contribution is 7.89. The van der Waals surface area contributed by atoms with Gasteiger partial charge in [0.2, 0.25) is 10.0 Å². The van der Waals surface area contributed by atoms with E-state index in [9.17, 15) is 18.0 Å². The molecule has 0 heterocycles. The van der Waals surface area contributed by atoms with Gasteiger partial charge in [0, 0.05) is 24.7 Å². The molecule has 2 aromatic rings. The first-order valence-corrected chi connectivity index (χ1v) is 9.73. The van der Waals surface area contributed by atoms with E-state index in [-0.39, 0.29) is 23.6 Å². The number of carbonyl (C=O) groups is 2. The van der Waals surface area contributed by atoms with Crippen LogP contribution in [0.5, 0.6) is 0 Å². The molecule has 7 nitrogen and oxygen atoms in total. The lowest BCUT2D eigenvalue weighted by atomic mass is 10.2. The monoisotopic (exact) mass is 410 g/mol. The zero-order valence-corrected chi connectivity index (χ0v) is 16.4. The Hall–Kier alpha value is -2.42. The molecule has 27 heavy (non-hydrogen) atoms. The minimum Gasteiger partial charge on any atom is -0.460 e. The molecule has 0 radical (unpaired) electrons. The predicted octanol–water partition coefficient (Wildman–Crippen LogP) is 2.06. The summed E-state index contributed by atoms with van der Waals surface area (Å²) >= 11 is 5.78. The minimum atomic E-state index is -3.65. The number of rotatable bonds is 7. The molecule has 0 aliphatic rings. The van der Waals surface area contributed by atoms with E-state index in [1.165, 1.54) is 38.4 Å². The van der Waals surface area contributed by atoms with Crippen LogP contribution in [0, 0.1) is 0 Å². The Kier molecular flexibility index (Phi) is 6.95. The number of hydrogen-bond donors (Lipinski definition) is 1. The molecule has 0 bridgehead atoms. The van der Waals surface area contributed by atoms with Crippen molar-refractivity contribution in [3.63, 3.8) is 0 Å². The zero-order valence-electron chi connectivity index (χ0n) is 14.8. The van der Waals surface area contributed by atoms with Crippen LogP contribution in [-0.2, 0) is 26.2 Å². The van der Waals surface area contributed by atoms with E-state index < -0.39 is 21.9 Å². The topological polar surface area (TPSA) is 92.8 Å². The van der Waals surface area contributed by atoms with Crippen molar-refractivity contribution in [1.29, 1.82) is 0 Å². The van der Waals surface area contributed by atoms with Gasteiger partial charge in [0.05, 0.1) is 4.90 Å². The molecular formula is C18H19ClN2O5S. The number of ether oxygens (including phenoxy) is 1. The van der Waals surface area contributed by atoms with Gasteiger partial charge in [-0.25, -0.2) is 12.7 Å². The largest absolute Gasteiger partial charge is 0.460 e. The highest BCUT2D eigenvalue weighted by atomic mass is 35.5. The van der Waals surface area contributed by atoms with Crippen molar-refractivity contribution in [1.82, 2.24) is 9.62 Å². The molecule has 0 saturated heterocycles. The molecule has 2 rings (SSSR count). The summed E-state index contributed by atoms with van der Waals surface area (Å²) in [5, 5.41) is 2.99. The van der Waals surface area contributed by atoms with Crippen LogP contribution in [0.2, 0.25) is 5.02 Å².